The summed E-state index contributed by atoms with van der Waals surface area (Å²) in [5.74, 6) is 0.995. The summed E-state index contributed by atoms with van der Waals surface area (Å²) in [6.45, 7) is 16.3. The predicted octanol–water partition coefficient (Wildman–Crippen LogP) is 5.88. The lowest BCUT2D eigenvalue weighted by Gasteiger charge is -2.32. The van der Waals surface area contributed by atoms with Crippen molar-refractivity contribution in [2.24, 2.45) is 0 Å². The molecule has 0 bridgehead atoms. The maximum Gasteiger partial charge on any atom is 0.188 e. The SMILES string of the molecule is COCOc1c(Pc2ccccc2N2CCCCC2)cc(C(C)(C)C)cc1C(C)(C)C. The molecule has 170 valence electrons. The van der Waals surface area contributed by atoms with Crippen molar-refractivity contribution in [3.05, 3.63) is 47.5 Å². The number of nitrogens with zero attached hydrogens (tertiary/aromatic N) is 1. The van der Waals surface area contributed by atoms with Crippen molar-refractivity contribution in [2.75, 3.05) is 31.9 Å². The zero-order valence-corrected chi connectivity index (χ0v) is 21.5. The summed E-state index contributed by atoms with van der Waals surface area (Å²) < 4.78 is 11.5. The highest BCUT2D eigenvalue weighted by Gasteiger charge is 2.27. The third-order valence-electron chi connectivity index (χ3n) is 5.95. The fourth-order valence-electron chi connectivity index (χ4n) is 4.12. The lowest BCUT2D eigenvalue weighted by molar-refractivity contribution is 0.0506. The molecule has 1 unspecified atom stereocenters. The summed E-state index contributed by atoms with van der Waals surface area (Å²) in [6, 6.07) is 13.6. The van der Waals surface area contributed by atoms with Crippen molar-refractivity contribution in [1.29, 1.82) is 0 Å². The standard InChI is InChI=1S/C27H40NO2P/c1-26(2,3)20-17-21(27(4,5)6)25(30-19-29-7)24(18-20)31-23-14-10-9-13-22(23)28-15-11-8-12-16-28/h9-10,13-14,17-18,31H,8,11-12,15-16,19H2,1-7H3. The van der Waals surface area contributed by atoms with Crippen LogP contribution in [0, 0.1) is 0 Å². The van der Waals surface area contributed by atoms with E-state index in [0.29, 0.717) is 8.58 Å². The average Bonchev–Trinajstić information content (AvgIpc) is 2.72. The van der Waals surface area contributed by atoms with E-state index in [0.717, 1.165) is 18.8 Å². The van der Waals surface area contributed by atoms with Crippen LogP contribution in [-0.2, 0) is 15.6 Å². The normalized spacial score (nSPS) is 15.6. The molecular weight excluding hydrogens is 401 g/mol. The van der Waals surface area contributed by atoms with Gasteiger partial charge in [0.2, 0.25) is 0 Å². The molecule has 31 heavy (non-hydrogen) atoms. The summed E-state index contributed by atoms with van der Waals surface area (Å²) in [5, 5.41) is 2.68. The highest BCUT2D eigenvalue weighted by Crippen LogP contribution is 2.38. The quantitative estimate of drug-likeness (QED) is 0.412. The van der Waals surface area contributed by atoms with E-state index in [-0.39, 0.29) is 17.6 Å². The van der Waals surface area contributed by atoms with Crippen LogP contribution in [0.4, 0.5) is 5.69 Å². The molecule has 1 heterocycles. The summed E-state index contributed by atoms with van der Waals surface area (Å²) in [4.78, 5) is 2.57. The van der Waals surface area contributed by atoms with E-state index < -0.39 is 0 Å². The van der Waals surface area contributed by atoms with Crippen molar-refractivity contribution in [1.82, 2.24) is 0 Å². The first-order valence-corrected chi connectivity index (χ1v) is 12.5. The third kappa shape index (κ3) is 6.02. The highest BCUT2D eigenvalue weighted by molar-refractivity contribution is 7.56. The number of hydrogen-bond donors (Lipinski definition) is 0. The number of anilines is 1. The number of hydrogen-bond acceptors (Lipinski definition) is 3. The molecule has 1 atom stereocenters. The summed E-state index contributed by atoms with van der Waals surface area (Å²) >= 11 is 0. The maximum absolute atomic E-state index is 6.24. The molecule has 1 saturated heterocycles. The minimum Gasteiger partial charge on any atom is -0.467 e. The van der Waals surface area contributed by atoms with Gasteiger partial charge in [-0.2, -0.15) is 0 Å². The molecule has 0 N–H and O–H groups in total. The Balaban J connectivity index is 2.11. The molecule has 1 fully saturated rings. The second kappa shape index (κ2) is 9.92. The van der Waals surface area contributed by atoms with Gasteiger partial charge in [0.15, 0.2) is 6.79 Å². The van der Waals surface area contributed by atoms with Crippen molar-refractivity contribution in [2.45, 2.75) is 71.6 Å². The van der Waals surface area contributed by atoms with E-state index in [2.05, 4.69) is 82.8 Å². The molecule has 2 aromatic carbocycles. The Kier molecular flexibility index (Phi) is 7.71. The van der Waals surface area contributed by atoms with Gasteiger partial charge in [-0.05, 0) is 47.8 Å². The van der Waals surface area contributed by atoms with Gasteiger partial charge in [0.25, 0.3) is 0 Å². The largest absolute Gasteiger partial charge is 0.467 e. The fraction of sp³-hybridized carbons (Fsp3) is 0.556. The van der Waals surface area contributed by atoms with Gasteiger partial charge < -0.3 is 14.4 Å². The van der Waals surface area contributed by atoms with Crippen LogP contribution in [0.1, 0.15) is 71.9 Å². The first-order chi connectivity index (χ1) is 14.6. The van der Waals surface area contributed by atoms with Gasteiger partial charge in [-0.1, -0.05) is 74.4 Å². The van der Waals surface area contributed by atoms with E-state index in [1.54, 1.807) is 7.11 Å². The molecular formula is C27H40NO2P. The summed E-state index contributed by atoms with van der Waals surface area (Å²) in [7, 11) is 2.23. The number of methoxy groups -OCH3 is 1. The van der Waals surface area contributed by atoms with Gasteiger partial charge in [0, 0.05) is 42.1 Å². The minimum absolute atomic E-state index is 0.0179. The van der Waals surface area contributed by atoms with Crippen molar-refractivity contribution < 1.29 is 9.47 Å². The monoisotopic (exact) mass is 441 g/mol. The minimum atomic E-state index is -0.0179. The number of rotatable bonds is 6. The smallest absolute Gasteiger partial charge is 0.188 e. The molecule has 2 aromatic rings. The Labute approximate surface area is 191 Å². The molecule has 0 aromatic heterocycles. The molecule has 0 amide bonds. The van der Waals surface area contributed by atoms with Gasteiger partial charge in [-0.25, -0.2) is 0 Å². The van der Waals surface area contributed by atoms with Crippen LogP contribution >= 0.6 is 8.58 Å². The molecule has 0 saturated carbocycles. The molecule has 0 radical (unpaired) electrons. The van der Waals surface area contributed by atoms with Crippen LogP contribution in [0.2, 0.25) is 0 Å². The Morgan fingerprint density at radius 1 is 0.871 bits per heavy atom. The third-order valence-corrected chi connectivity index (χ3v) is 7.29. The van der Waals surface area contributed by atoms with Crippen LogP contribution in [0.5, 0.6) is 5.75 Å². The second-order valence-electron chi connectivity index (χ2n) is 10.6. The van der Waals surface area contributed by atoms with Gasteiger partial charge in [-0.3, -0.25) is 0 Å². The first-order valence-electron chi connectivity index (χ1n) is 11.5. The predicted molar refractivity (Wildman–Crippen MR) is 136 cm³/mol. The Morgan fingerprint density at radius 2 is 1.55 bits per heavy atom. The maximum atomic E-state index is 6.24. The number of benzene rings is 2. The Morgan fingerprint density at radius 3 is 2.16 bits per heavy atom. The second-order valence-corrected chi connectivity index (χ2v) is 12.0. The van der Waals surface area contributed by atoms with Crippen LogP contribution in [0.25, 0.3) is 0 Å². The van der Waals surface area contributed by atoms with E-state index in [1.165, 1.54) is 46.7 Å². The molecule has 0 aliphatic carbocycles. The topological polar surface area (TPSA) is 21.7 Å². The molecule has 3 nitrogen and oxygen atoms in total. The lowest BCUT2D eigenvalue weighted by Crippen LogP contribution is -2.32. The van der Waals surface area contributed by atoms with Crippen molar-refractivity contribution in [3.63, 3.8) is 0 Å². The average molecular weight is 442 g/mol. The Hall–Kier alpha value is -1.57. The van der Waals surface area contributed by atoms with Crippen LogP contribution < -0.4 is 20.2 Å². The van der Waals surface area contributed by atoms with Gasteiger partial charge in [0.1, 0.15) is 5.75 Å². The molecule has 3 rings (SSSR count). The zero-order valence-electron chi connectivity index (χ0n) is 20.5. The number of piperidine rings is 1. The molecule has 4 heteroatoms. The molecule has 1 aliphatic heterocycles. The van der Waals surface area contributed by atoms with E-state index >= 15 is 0 Å². The molecule has 1 aliphatic rings. The lowest BCUT2D eigenvalue weighted by atomic mass is 9.80. The molecule has 0 spiro atoms. The first kappa shape index (κ1) is 24.1. The van der Waals surface area contributed by atoms with Crippen molar-refractivity contribution in [3.8, 4) is 5.75 Å². The van der Waals surface area contributed by atoms with Crippen LogP contribution in [0.3, 0.4) is 0 Å². The summed E-state index contributed by atoms with van der Waals surface area (Å²) in [5.41, 5.74) is 4.06. The Bertz CT molecular complexity index is 874. The van der Waals surface area contributed by atoms with Crippen LogP contribution in [-0.4, -0.2) is 27.0 Å². The van der Waals surface area contributed by atoms with Gasteiger partial charge in [-0.15, -0.1) is 0 Å². The van der Waals surface area contributed by atoms with E-state index in [1.807, 2.05) is 0 Å². The van der Waals surface area contributed by atoms with E-state index in [4.69, 9.17) is 9.47 Å². The van der Waals surface area contributed by atoms with Crippen molar-refractivity contribution >= 4 is 24.9 Å². The fourth-order valence-corrected chi connectivity index (χ4v) is 5.51. The number of ether oxygens (including phenoxy) is 2. The van der Waals surface area contributed by atoms with Crippen LogP contribution in [0.15, 0.2) is 36.4 Å². The zero-order chi connectivity index (χ0) is 22.6. The van der Waals surface area contributed by atoms with Gasteiger partial charge in [0.05, 0.1) is 0 Å². The van der Waals surface area contributed by atoms with E-state index in [9.17, 15) is 0 Å². The number of para-hydroxylation sites is 1. The summed E-state index contributed by atoms with van der Waals surface area (Å²) in [6.07, 6.45) is 3.92. The van der Waals surface area contributed by atoms with Gasteiger partial charge >= 0.3 is 0 Å². The highest BCUT2D eigenvalue weighted by atomic mass is 31.1.